The number of piperazine rings is 1. The van der Waals surface area contributed by atoms with E-state index >= 15 is 0 Å². The van der Waals surface area contributed by atoms with Crippen LogP contribution in [0.4, 0.5) is 11.4 Å². The number of hydrogen-bond donors (Lipinski definition) is 0. The molecule has 2 aliphatic heterocycles. The molecule has 1 aliphatic carbocycles. The van der Waals surface area contributed by atoms with E-state index in [2.05, 4.69) is 33.0 Å². The number of rotatable bonds is 6. The topological polar surface area (TPSA) is 78.0 Å². The Kier molecular flexibility index (Phi) is 6.41. The van der Waals surface area contributed by atoms with Gasteiger partial charge in [0.15, 0.2) is 9.84 Å². The van der Waals surface area contributed by atoms with E-state index in [0.717, 1.165) is 43.6 Å². The second-order valence-corrected chi connectivity index (χ2v) is 12.1. The summed E-state index contributed by atoms with van der Waals surface area (Å²) >= 11 is 3.41. The summed E-state index contributed by atoms with van der Waals surface area (Å²) in [5.74, 6) is -0.221. The number of halogens is 1. The Balaban J connectivity index is 1.23. The third-order valence-corrected chi connectivity index (χ3v) is 9.56. The lowest BCUT2D eigenvalue weighted by atomic mass is 10.2. The van der Waals surface area contributed by atoms with E-state index in [1.165, 1.54) is 0 Å². The van der Waals surface area contributed by atoms with Crippen LogP contribution in [0, 0.1) is 5.92 Å². The summed E-state index contributed by atoms with van der Waals surface area (Å²) in [4.78, 5) is 31.3. The Morgan fingerprint density at radius 2 is 1.68 bits per heavy atom. The van der Waals surface area contributed by atoms with E-state index in [0.29, 0.717) is 29.8 Å². The highest BCUT2D eigenvalue weighted by Crippen LogP contribution is 2.39. The average Bonchev–Trinajstić information content (AvgIpc) is 3.62. The first-order valence-electron chi connectivity index (χ1n) is 11.8. The number of carbonyl (C=O) groups is 2. The lowest BCUT2D eigenvalue weighted by Gasteiger charge is -2.36. The van der Waals surface area contributed by atoms with Crippen LogP contribution in [0.3, 0.4) is 0 Å². The molecule has 2 amide bonds. The standard InChI is InChI=1S/C25H28BrN3O4S/c26-21-16-19-8-10-29(25(31)18-6-7-18)22(19)17-23(21)34(32,33)15-9-24(30)28-13-11-27(12-14-28)20-4-2-1-3-5-20/h1-5,16-18H,6-15H2. The van der Waals surface area contributed by atoms with Gasteiger partial charge in [0.25, 0.3) is 0 Å². The first-order valence-corrected chi connectivity index (χ1v) is 14.2. The Morgan fingerprint density at radius 3 is 2.35 bits per heavy atom. The van der Waals surface area contributed by atoms with Crippen LogP contribution in [0.5, 0.6) is 0 Å². The van der Waals surface area contributed by atoms with Crippen molar-refractivity contribution in [1.82, 2.24) is 4.90 Å². The third kappa shape index (κ3) is 4.73. The fourth-order valence-electron chi connectivity index (χ4n) is 4.75. The number of carbonyl (C=O) groups excluding carboxylic acids is 2. The number of nitrogens with zero attached hydrogens (tertiary/aromatic N) is 3. The number of fused-ring (bicyclic) bond motifs is 1. The molecule has 0 radical (unpaired) electrons. The van der Waals surface area contributed by atoms with E-state index in [4.69, 9.17) is 0 Å². The second kappa shape index (κ2) is 9.34. The van der Waals surface area contributed by atoms with E-state index in [9.17, 15) is 18.0 Å². The number of benzene rings is 2. The van der Waals surface area contributed by atoms with Crippen molar-refractivity contribution in [2.24, 2.45) is 5.92 Å². The van der Waals surface area contributed by atoms with Crippen molar-refractivity contribution < 1.29 is 18.0 Å². The quantitative estimate of drug-likeness (QED) is 0.556. The van der Waals surface area contributed by atoms with Crippen LogP contribution in [0.15, 0.2) is 51.8 Å². The van der Waals surface area contributed by atoms with Gasteiger partial charge in [-0.25, -0.2) is 8.42 Å². The zero-order valence-corrected chi connectivity index (χ0v) is 21.4. The monoisotopic (exact) mass is 545 g/mol. The van der Waals surface area contributed by atoms with Gasteiger partial charge in [-0.3, -0.25) is 9.59 Å². The van der Waals surface area contributed by atoms with Crippen molar-refractivity contribution in [1.29, 1.82) is 0 Å². The molecule has 0 spiro atoms. The maximum absolute atomic E-state index is 13.2. The Labute approximate surface area is 208 Å². The number of anilines is 2. The normalized spacial score (nSPS) is 18.2. The van der Waals surface area contributed by atoms with E-state index in [-0.39, 0.29) is 34.8 Å². The molecule has 2 aromatic carbocycles. The summed E-state index contributed by atoms with van der Waals surface area (Å²) in [6, 6.07) is 13.5. The van der Waals surface area contributed by atoms with Crippen molar-refractivity contribution in [3.63, 3.8) is 0 Å². The molecule has 2 aromatic rings. The molecule has 2 heterocycles. The zero-order chi connectivity index (χ0) is 23.9. The number of sulfone groups is 1. The SMILES string of the molecule is O=C(CCS(=O)(=O)c1cc2c(cc1Br)CCN2C(=O)C1CC1)N1CCN(c2ccccc2)CC1. The summed E-state index contributed by atoms with van der Waals surface area (Å²) in [6.07, 6.45) is 2.49. The maximum Gasteiger partial charge on any atom is 0.230 e. The Hall–Kier alpha value is -2.39. The largest absolute Gasteiger partial charge is 0.368 e. The van der Waals surface area contributed by atoms with E-state index < -0.39 is 9.84 Å². The average molecular weight is 546 g/mol. The fourth-order valence-corrected chi connectivity index (χ4v) is 7.19. The first-order chi connectivity index (χ1) is 16.3. The summed E-state index contributed by atoms with van der Waals surface area (Å²) in [6.45, 7) is 3.20. The molecular formula is C25H28BrN3O4S. The Bertz CT molecular complexity index is 1210. The van der Waals surface area contributed by atoms with Gasteiger partial charge >= 0.3 is 0 Å². The minimum Gasteiger partial charge on any atom is -0.368 e. The van der Waals surface area contributed by atoms with Crippen LogP contribution in [0.2, 0.25) is 0 Å². The van der Waals surface area contributed by atoms with Crippen LogP contribution >= 0.6 is 15.9 Å². The van der Waals surface area contributed by atoms with Gasteiger partial charge in [0.2, 0.25) is 11.8 Å². The van der Waals surface area contributed by atoms with Crippen molar-refractivity contribution in [3.05, 3.63) is 52.5 Å². The van der Waals surface area contributed by atoms with Gasteiger partial charge in [0.05, 0.1) is 10.6 Å². The highest BCUT2D eigenvalue weighted by molar-refractivity contribution is 9.10. The highest BCUT2D eigenvalue weighted by Gasteiger charge is 2.37. The summed E-state index contributed by atoms with van der Waals surface area (Å²) in [5, 5.41) is 0. The van der Waals surface area contributed by atoms with Gasteiger partial charge in [-0.05, 0) is 65.0 Å². The van der Waals surface area contributed by atoms with Crippen LogP contribution in [-0.2, 0) is 25.8 Å². The van der Waals surface area contributed by atoms with Gasteiger partial charge < -0.3 is 14.7 Å². The molecule has 3 aliphatic rings. The fraction of sp³-hybridized carbons (Fsp3) is 0.440. The second-order valence-electron chi connectivity index (χ2n) is 9.20. The van der Waals surface area contributed by atoms with Gasteiger partial charge in [-0.15, -0.1) is 0 Å². The molecule has 180 valence electrons. The Morgan fingerprint density at radius 1 is 0.971 bits per heavy atom. The van der Waals surface area contributed by atoms with Gasteiger partial charge in [-0.1, -0.05) is 18.2 Å². The molecule has 0 N–H and O–H groups in total. The molecule has 1 saturated heterocycles. The van der Waals surface area contributed by atoms with Crippen molar-refractivity contribution in [2.75, 3.05) is 48.3 Å². The van der Waals surface area contributed by atoms with Gasteiger partial charge in [0.1, 0.15) is 0 Å². The summed E-state index contributed by atoms with van der Waals surface area (Å²) in [7, 11) is -3.70. The molecule has 1 saturated carbocycles. The van der Waals surface area contributed by atoms with Crippen LogP contribution in [-0.4, -0.2) is 63.6 Å². The number of amides is 2. The molecule has 0 atom stereocenters. The van der Waals surface area contributed by atoms with Crippen LogP contribution in [0.1, 0.15) is 24.8 Å². The smallest absolute Gasteiger partial charge is 0.230 e. The van der Waals surface area contributed by atoms with Crippen molar-refractivity contribution in [3.8, 4) is 0 Å². The molecular weight excluding hydrogens is 518 g/mol. The van der Waals surface area contributed by atoms with Gasteiger partial charge in [-0.2, -0.15) is 0 Å². The number of para-hydroxylation sites is 1. The summed E-state index contributed by atoms with van der Waals surface area (Å²) in [5.41, 5.74) is 2.81. The molecule has 2 fully saturated rings. The molecule has 7 nitrogen and oxygen atoms in total. The molecule has 9 heteroatoms. The van der Waals surface area contributed by atoms with E-state index in [1.807, 2.05) is 24.3 Å². The van der Waals surface area contributed by atoms with Crippen LogP contribution in [0.25, 0.3) is 0 Å². The predicted molar refractivity (Wildman–Crippen MR) is 135 cm³/mol. The van der Waals surface area contributed by atoms with Gasteiger partial charge in [0, 0.05) is 60.9 Å². The van der Waals surface area contributed by atoms with Crippen molar-refractivity contribution >= 4 is 49.0 Å². The third-order valence-electron chi connectivity index (χ3n) is 6.89. The lowest BCUT2D eigenvalue weighted by molar-refractivity contribution is -0.131. The molecule has 5 rings (SSSR count). The highest BCUT2D eigenvalue weighted by atomic mass is 79.9. The predicted octanol–water partition coefficient (Wildman–Crippen LogP) is 3.26. The van der Waals surface area contributed by atoms with Crippen molar-refractivity contribution in [2.45, 2.75) is 30.6 Å². The first kappa shape index (κ1) is 23.4. The zero-order valence-electron chi connectivity index (χ0n) is 19.0. The lowest BCUT2D eigenvalue weighted by Crippen LogP contribution is -2.49. The maximum atomic E-state index is 13.2. The van der Waals surface area contributed by atoms with Crippen LogP contribution < -0.4 is 9.80 Å². The summed E-state index contributed by atoms with van der Waals surface area (Å²) < 4.78 is 26.9. The molecule has 0 aromatic heterocycles. The van der Waals surface area contributed by atoms with E-state index in [1.54, 1.807) is 15.9 Å². The molecule has 0 unspecified atom stereocenters. The minimum absolute atomic E-state index is 0.0537. The number of hydrogen-bond acceptors (Lipinski definition) is 5. The molecule has 0 bridgehead atoms. The minimum atomic E-state index is -3.70. The molecule has 34 heavy (non-hydrogen) atoms.